The molecule has 0 aliphatic heterocycles. The molecule has 0 bridgehead atoms. The van der Waals surface area contributed by atoms with Gasteiger partial charge in [-0.1, -0.05) is 0 Å². The summed E-state index contributed by atoms with van der Waals surface area (Å²) in [5.41, 5.74) is 1.21. The van der Waals surface area contributed by atoms with Crippen LogP contribution in [0.1, 0.15) is 16.9 Å². The van der Waals surface area contributed by atoms with Gasteiger partial charge in [-0.3, -0.25) is 0 Å². The van der Waals surface area contributed by atoms with Crippen molar-refractivity contribution in [3.05, 3.63) is 21.0 Å². The molecule has 0 N–H and O–H groups in total. The third-order valence-electron chi connectivity index (χ3n) is 1.24. The Bertz CT molecular complexity index is 237. The number of carbonyl (C=O) groups excluding carboxylic acids is 1. The number of hydrogen-bond acceptors (Lipinski definition) is 1. The summed E-state index contributed by atoms with van der Waals surface area (Å²) < 4.78 is 1.42. The molecule has 0 aliphatic carbocycles. The van der Waals surface area contributed by atoms with Crippen LogP contribution in [0.15, 0.2) is 11.0 Å². The summed E-state index contributed by atoms with van der Waals surface area (Å²) >= 11 is 0.533. The molecule has 0 fully saturated rings. The van der Waals surface area contributed by atoms with Crippen LogP contribution in [-0.2, 0) is 11.2 Å². The van der Waals surface area contributed by atoms with Crippen molar-refractivity contribution in [3.63, 3.8) is 0 Å². The van der Waals surface area contributed by atoms with E-state index >= 15 is 0 Å². The maximum absolute atomic E-state index is 10.6. The molecule has 1 aromatic heterocycles. The van der Waals surface area contributed by atoms with Crippen LogP contribution in [0.2, 0.25) is 0 Å². The van der Waals surface area contributed by atoms with E-state index in [-0.39, 0.29) is 5.78 Å². The van der Waals surface area contributed by atoms with Crippen LogP contribution in [0.25, 0.3) is 0 Å². The third-order valence-corrected chi connectivity index (χ3v) is 3.15. The van der Waals surface area contributed by atoms with Gasteiger partial charge in [-0.2, -0.15) is 0 Å². The molecule has 1 aromatic rings. The quantitative estimate of drug-likeness (QED) is 0.657. The summed E-state index contributed by atoms with van der Waals surface area (Å²) in [5, 5.41) is 0. The normalized spacial score (nSPS) is 9.80. The zero-order valence-corrected chi connectivity index (χ0v) is 7.89. The molecule has 0 aromatic carbocycles. The molecule has 10 heavy (non-hydrogen) atoms. The first kappa shape index (κ1) is 7.77. The molecule has 1 nitrogen and oxygen atoms in total. The number of hydrogen-bond donors (Lipinski definition) is 0. The van der Waals surface area contributed by atoms with E-state index in [0.717, 1.165) is 0 Å². The van der Waals surface area contributed by atoms with Crippen molar-refractivity contribution in [1.82, 2.24) is 0 Å². The van der Waals surface area contributed by atoms with Gasteiger partial charge in [-0.15, -0.1) is 0 Å². The number of rotatable bonds is 2. The molecular weight excluding hydrogens is 191 g/mol. The van der Waals surface area contributed by atoms with Crippen LogP contribution in [0.3, 0.4) is 0 Å². The van der Waals surface area contributed by atoms with Gasteiger partial charge in [0.1, 0.15) is 0 Å². The molecule has 0 amide bonds. The summed E-state index contributed by atoms with van der Waals surface area (Å²) in [7, 11) is 0. The van der Waals surface area contributed by atoms with Gasteiger partial charge in [0.15, 0.2) is 0 Å². The van der Waals surface area contributed by atoms with E-state index in [9.17, 15) is 4.79 Å². The minimum atomic E-state index is 0.257. The molecule has 0 aliphatic rings. The Morgan fingerprint density at radius 2 is 2.40 bits per heavy atom. The zero-order chi connectivity index (χ0) is 7.56. The standard InChI is InChI=1S/C8H10OSe/c1-6(9)3-8-4-7(2)10-5-8/h4-5H,3H2,1-2H3. The fourth-order valence-corrected chi connectivity index (χ4v) is 2.36. The second-order valence-corrected chi connectivity index (χ2v) is 4.78. The number of aryl methyl sites for hydroxylation is 1. The fraction of sp³-hybridized carbons (Fsp3) is 0.375. The van der Waals surface area contributed by atoms with Gasteiger partial charge in [-0.05, 0) is 0 Å². The van der Waals surface area contributed by atoms with Gasteiger partial charge in [0.25, 0.3) is 0 Å². The fourth-order valence-electron chi connectivity index (χ4n) is 0.878. The average Bonchev–Trinajstić information content (AvgIpc) is 2.13. The van der Waals surface area contributed by atoms with E-state index in [1.165, 1.54) is 10.0 Å². The van der Waals surface area contributed by atoms with E-state index in [1.54, 1.807) is 6.92 Å². The second kappa shape index (κ2) is 3.18. The summed E-state index contributed by atoms with van der Waals surface area (Å²) in [6, 6.07) is 2.13. The van der Waals surface area contributed by atoms with Crippen LogP contribution in [0.4, 0.5) is 0 Å². The van der Waals surface area contributed by atoms with Crippen molar-refractivity contribution >= 4 is 20.3 Å². The van der Waals surface area contributed by atoms with E-state index in [4.69, 9.17) is 0 Å². The van der Waals surface area contributed by atoms with Crippen LogP contribution < -0.4 is 0 Å². The maximum atomic E-state index is 10.6. The summed E-state index contributed by atoms with van der Waals surface area (Å²) in [4.78, 5) is 12.8. The Balaban J connectivity index is 2.67. The van der Waals surface area contributed by atoms with Crippen molar-refractivity contribution in [2.45, 2.75) is 20.3 Å². The van der Waals surface area contributed by atoms with Gasteiger partial charge >= 0.3 is 66.4 Å². The minimum absolute atomic E-state index is 0.257. The number of ketones is 1. The first-order valence-corrected chi connectivity index (χ1v) is 5.06. The van der Waals surface area contributed by atoms with E-state index in [0.29, 0.717) is 20.9 Å². The van der Waals surface area contributed by atoms with Crippen molar-refractivity contribution in [2.75, 3.05) is 0 Å². The SMILES string of the molecule is CC(=O)Cc1c[se]c(C)c1. The van der Waals surface area contributed by atoms with Crippen molar-refractivity contribution < 1.29 is 4.79 Å². The van der Waals surface area contributed by atoms with Gasteiger partial charge in [-0.25, -0.2) is 0 Å². The Kier molecular flexibility index (Phi) is 2.47. The van der Waals surface area contributed by atoms with Gasteiger partial charge in [0, 0.05) is 0 Å². The summed E-state index contributed by atoms with van der Waals surface area (Å²) in [5.74, 6) is 0.257. The molecule has 0 unspecified atom stereocenters. The van der Waals surface area contributed by atoms with Crippen LogP contribution in [-0.4, -0.2) is 20.3 Å². The molecule has 54 valence electrons. The molecular formula is C8H10OSe. The van der Waals surface area contributed by atoms with Gasteiger partial charge < -0.3 is 0 Å². The van der Waals surface area contributed by atoms with Gasteiger partial charge in [0.2, 0.25) is 0 Å². The molecule has 1 heterocycles. The molecule has 2 heteroatoms. The molecule has 0 atom stereocenters. The Morgan fingerprint density at radius 3 is 2.80 bits per heavy atom. The Labute approximate surface area is 66.8 Å². The number of carbonyl (C=O) groups is 1. The molecule has 0 saturated heterocycles. The predicted molar refractivity (Wildman–Crippen MR) is 42.5 cm³/mol. The molecule has 0 spiro atoms. The first-order valence-electron chi connectivity index (χ1n) is 3.22. The van der Waals surface area contributed by atoms with Crippen LogP contribution in [0, 0.1) is 6.92 Å². The van der Waals surface area contributed by atoms with E-state index in [1.807, 2.05) is 0 Å². The third kappa shape index (κ3) is 2.13. The van der Waals surface area contributed by atoms with E-state index in [2.05, 4.69) is 17.9 Å². The van der Waals surface area contributed by atoms with Crippen LogP contribution in [0.5, 0.6) is 0 Å². The van der Waals surface area contributed by atoms with Crippen molar-refractivity contribution in [1.29, 1.82) is 0 Å². The Hall–Kier alpha value is -0.331. The molecule has 0 saturated carbocycles. The topological polar surface area (TPSA) is 17.1 Å². The van der Waals surface area contributed by atoms with Crippen molar-refractivity contribution in [2.24, 2.45) is 0 Å². The first-order chi connectivity index (χ1) is 4.68. The van der Waals surface area contributed by atoms with Crippen LogP contribution >= 0.6 is 0 Å². The molecule has 1 rings (SSSR count). The van der Waals surface area contributed by atoms with E-state index < -0.39 is 0 Å². The summed E-state index contributed by atoms with van der Waals surface area (Å²) in [6.45, 7) is 3.75. The monoisotopic (exact) mass is 202 g/mol. The molecule has 0 radical (unpaired) electrons. The number of Topliss-reactive ketones (excluding diaryl/α,β-unsaturated/α-hetero) is 1. The summed E-state index contributed by atoms with van der Waals surface area (Å²) in [6.07, 6.45) is 0.624. The Morgan fingerprint density at radius 1 is 1.70 bits per heavy atom. The second-order valence-electron chi connectivity index (χ2n) is 2.44. The van der Waals surface area contributed by atoms with Crippen molar-refractivity contribution in [3.8, 4) is 0 Å². The van der Waals surface area contributed by atoms with Gasteiger partial charge in [0.05, 0.1) is 0 Å². The zero-order valence-electron chi connectivity index (χ0n) is 6.18. The predicted octanol–water partition coefficient (Wildman–Crippen LogP) is 1.18. The average molecular weight is 201 g/mol.